The number of rotatable bonds is 5. The Morgan fingerprint density at radius 3 is 2.39 bits per heavy atom. The van der Waals surface area contributed by atoms with Crippen LogP contribution in [0.25, 0.3) is 11.6 Å². The van der Waals surface area contributed by atoms with E-state index in [0.29, 0.717) is 42.3 Å². The molecule has 168 valence electrons. The minimum Gasteiger partial charge on any atom is -0.368 e. The molecule has 0 saturated carbocycles. The zero-order valence-corrected chi connectivity index (χ0v) is 19.0. The minimum atomic E-state index is -0.432. The zero-order chi connectivity index (χ0) is 23.4. The number of nitro groups is 1. The molecule has 0 unspecified atom stereocenters. The Balaban J connectivity index is 1.58. The van der Waals surface area contributed by atoms with Crippen LogP contribution in [0.15, 0.2) is 72.8 Å². The Kier molecular flexibility index (Phi) is 6.75. The van der Waals surface area contributed by atoms with Gasteiger partial charge in [0.15, 0.2) is 0 Å². The summed E-state index contributed by atoms with van der Waals surface area (Å²) >= 11 is 6.19. The van der Waals surface area contributed by atoms with E-state index in [-0.39, 0.29) is 11.6 Å². The van der Waals surface area contributed by atoms with Crippen molar-refractivity contribution in [3.8, 4) is 0 Å². The molecule has 0 atom stereocenters. The highest BCUT2D eigenvalue weighted by Crippen LogP contribution is 2.27. The fourth-order valence-electron chi connectivity index (χ4n) is 4.03. The van der Waals surface area contributed by atoms with Crippen LogP contribution in [-0.2, 0) is 4.79 Å². The van der Waals surface area contributed by atoms with Gasteiger partial charge >= 0.3 is 0 Å². The number of nitro benzene ring substituents is 1. The van der Waals surface area contributed by atoms with E-state index in [9.17, 15) is 14.9 Å². The lowest BCUT2D eigenvalue weighted by atomic mass is 10.0. The molecule has 0 spiro atoms. The van der Waals surface area contributed by atoms with Crippen LogP contribution in [0.3, 0.4) is 0 Å². The maximum atomic E-state index is 13.6. The van der Waals surface area contributed by atoms with Gasteiger partial charge in [0.1, 0.15) is 0 Å². The number of carbonyl (C=O) groups excluding carboxylic acids is 1. The number of non-ortho nitro benzene ring substituents is 1. The molecular formula is C26H24ClN3O3. The number of nitrogens with zero attached hydrogens (tertiary/aromatic N) is 3. The normalized spacial score (nSPS) is 14.3. The number of hydrogen-bond acceptors (Lipinski definition) is 4. The second-order valence-corrected chi connectivity index (χ2v) is 8.42. The van der Waals surface area contributed by atoms with Gasteiger partial charge in [-0.3, -0.25) is 14.9 Å². The molecular weight excluding hydrogens is 438 g/mol. The molecule has 4 rings (SSSR count). The van der Waals surface area contributed by atoms with Crippen molar-refractivity contribution in [2.75, 3.05) is 31.1 Å². The topological polar surface area (TPSA) is 66.7 Å². The maximum Gasteiger partial charge on any atom is 0.270 e. The molecule has 1 saturated heterocycles. The summed E-state index contributed by atoms with van der Waals surface area (Å²) < 4.78 is 0. The number of benzene rings is 3. The van der Waals surface area contributed by atoms with Crippen molar-refractivity contribution in [2.24, 2.45) is 0 Å². The predicted molar refractivity (Wildman–Crippen MR) is 132 cm³/mol. The highest BCUT2D eigenvalue weighted by atomic mass is 35.5. The van der Waals surface area contributed by atoms with Gasteiger partial charge in [0.25, 0.3) is 11.6 Å². The van der Waals surface area contributed by atoms with E-state index in [1.807, 2.05) is 53.4 Å². The first kappa shape index (κ1) is 22.6. The maximum absolute atomic E-state index is 13.6. The standard InChI is InChI=1S/C26H24ClN3O3/c1-19-10-11-22(27)18-25(19)28-12-14-29(15-13-28)26(31)24(21-7-3-2-4-8-21)17-20-6-5-9-23(16-20)30(32)33/h2-11,16-18H,12-15H2,1H3/b24-17+. The molecule has 33 heavy (non-hydrogen) atoms. The Morgan fingerprint density at radius 2 is 1.70 bits per heavy atom. The van der Waals surface area contributed by atoms with Gasteiger partial charge < -0.3 is 9.80 Å². The van der Waals surface area contributed by atoms with Gasteiger partial charge in [-0.25, -0.2) is 0 Å². The van der Waals surface area contributed by atoms with Gasteiger partial charge in [0.05, 0.1) is 4.92 Å². The van der Waals surface area contributed by atoms with Crippen LogP contribution < -0.4 is 4.90 Å². The van der Waals surface area contributed by atoms with Gasteiger partial charge in [-0.2, -0.15) is 0 Å². The predicted octanol–water partition coefficient (Wildman–Crippen LogP) is 5.45. The van der Waals surface area contributed by atoms with Crippen molar-refractivity contribution >= 4 is 40.5 Å². The number of amides is 1. The minimum absolute atomic E-state index is 0.00545. The molecule has 6 nitrogen and oxygen atoms in total. The number of aryl methyl sites for hydroxylation is 1. The van der Waals surface area contributed by atoms with Crippen molar-refractivity contribution in [2.45, 2.75) is 6.92 Å². The summed E-state index contributed by atoms with van der Waals surface area (Å²) in [6, 6.07) is 21.6. The van der Waals surface area contributed by atoms with Gasteiger partial charge in [0, 0.05) is 54.6 Å². The monoisotopic (exact) mass is 461 g/mol. The summed E-state index contributed by atoms with van der Waals surface area (Å²) in [6.45, 7) is 4.60. The van der Waals surface area contributed by atoms with Crippen molar-refractivity contribution < 1.29 is 9.72 Å². The van der Waals surface area contributed by atoms with E-state index < -0.39 is 4.92 Å². The van der Waals surface area contributed by atoms with Crippen molar-refractivity contribution in [3.05, 3.63) is 105 Å². The van der Waals surface area contributed by atoms with Crippen LogP contribution >= 0.6 is 11.6 Å². The molecule has 0 radical (unpaired) electrons. The van der Waals surface area contributed by atoms with Crippen LogP contribution in [0.5, 0.6) is 0 Å². The van der Waals surface area contributed by atoms with E-state index in [4.69, 9.17) is 11.6 Å². The van der Waals surface area contributed by atoms with Crippen LogP contribution in [0.4, 0.5) is 11.4 Å². The third kappa shape index (κ3) is 5.23. The first-order valence-corrected chi connectivity index (χ1v) is 11.1. The smallest absolute Gasteiger partial charge is 0.270 e. The van der Waals surface area contributed by atoms with Gasteiger partial charge in [0.2, 0.25) is 0 Å². The first-order valence-electron chi connectivity index (χ1n) is 10.7. The van der Waals surface area contributed by atoms with E-state index in [2.05, 4.69) is 11.8 Å². The number of piperazine rings is 1. The van der Waals surface area contributed by atoms with Crippen molar-refractivity contribution in [1.82, 2.24) is 4.90 Å². The molecule has 1 aliphatic heterocycles. The van der Waals surface area contributed by atoms with Crippen LogP contribution in [0, 0.1) is 17.0 Å². The highest BCUT2D eigenvalue weighted by Gasteiger charge is 2.25. The third-order valence-electron chi connectivity index (χ3n) is 5.79. The molecule has 3 aromatic rings. The van der Waals surface area contributed by atoms with Gasteiger partial charge in [-0.05, 0) is 41.8 Å². The summed E-state index contributed by atoms with van der Waals surface area (Å²) in [5, 5.41) is 11.9. The Hall–Kier alpha value is -3.64. The fraction of sp³-hybridized carbons (Fsp3) is 0.192. The molecule has 0 N–H and O–H groups in total. The number of hydrogen-bond donors (Lipinski definition) is 0. The Labute approximate surface area is 197 Å². The van der Waals surface area contributed by atoms with Gasteiger partial charge in [-0.1, -0.05) is 60.1 Å². The quantitative estimate of drug-likeness (QED) is 0.219. The summed E-state index contributed by atoms with van der Waals surface area (Å²) in [5.41, 5.74) is 4.14. The highest BCUT2D eigenvalue weighted by molar-refractivity contribution is 6.30. The largest absolute Gasteiger partial charge is 0.368 e. The molecule has 1 heterocycles. The van der Waals surface area contributed by atoms with E-state index >= 15 is 0 Å². The molecule has 7 heteroatoms. The third-order valence-corrected chi connectivity index (χ3v) is 6.02. The van der Waals surface area contributed by atoms with E-state index in [1.165, 1.54) is 12.1 Å². The van der Waals surface area contributed by atoms with Crippen molar-refractivity contribution in [3.63, 3.8) is 0 Å². The van der Waals surface area contributed by atoms with Crippen LogP contribution in [0.1, 0.15) is 16.7 Å². The summed E-state index contributed by atoms with van der Waals surface area (Å²) in [6.07, 6.45) is 1.73. The fourth-order valence-corrected chi connectivity index (χ4v) is 4.19. The number of halogens is 1. The van der Waals surface area contributed by atoms with Gasteiger partial charge in [-0.15, -0.1) is 0 Å². The summed E-state index contributed by atoms with van der Waals surface area (Å²) in [4.78, 5) is 28.4. The second kappa shape index (κ2) is 9.88. The lowest BCUT2D eigenvalue weighted by Crippen LogP contribution is -2.49. The average molecular weight is 462 g/mol. The average Bonchev–Trinajstić information content (AvgIpc) is 2.84. The number of carbonyl (C=O) groups is 1. The lowest BCUT2D eigenvalue weighted by Gasteiger charge is -2.37. The Bertz CT molecular complexity index is 1200. The molecule has 1 amide bonds. The summed E-state index contributed by atoms with van der Waals surface area (Å²) in [5.74, 6) is -0.0878. The second-order valence-electron chi connectivity index (χ2n) is 7.99. The molecule has 0 aromatic heterocycles. The summed E-state index contributed by atoms with van der Waals surface area (Å²) in [7, 11) is 0. The number of anilines is 1. The molecule has 3 aromatic carbocycles. The molecule has 1 aliphatic rings. The van der Waals surface area contributed by atoms with E-state index in [0.717, 1.165) is 16.8 Å². The van der Waals surface area contributed by atoms with E-state index in [1.54, 1.807) is 18.2 Å². The lowest BCUT2D eigenvalue weighted by molar-refractivity contribution is -0.384. The SMILES string of the molecule is Cc1ccc(Cl)cc1N1CCN(C(=O)/C(=C/c2cccc([N+](=O)[O-])c2)c2ccccc2)CC1. The molecule has 0 aliphatic carbocycles. The van der Waals surface area contributed by atoms with Crippen LogP contribution in [0.2, 0.25) is 5.02 Å². The van der Waals surface area contributed by atoms with Crippen molar-refractivity contribution in [1.29, 1.82) is 0 Å². The molecule has 0 bridgehead atoms. The molecule has 1 fully saturated rings. The zero-order valence-electron chi connectivity index (χ0n) is 18.3. The van der Waals surface area contributed by atoms with Crippen LogP contribution in [-0.4, -0.2) is 41.9 Å². The first-order chi connectivity index (χ1) is 15.9. The Morgan fingerprint density at radius 1 is 0.970 bits per heavy atom.